The van der Waals surface area contributed by atoms with E-state index in [9.17, 15) is 0 Å². The van der Waals surface area contributed by atoms with Gasteiger partial charge in [-0.3, -0.25) is 5.41 Å². The van der Waals surface area contributed by atoms with Gasteiger partial charge in [0.25, 0.3) is 0 Å². The zero-order valence-electron chi connectivity index (χ0n) is 13.0. The molecule has 1 aliphatic carbocycles. The summed E-state index contributed by atoms with van der Waals surface area (Å²) in [5.41, 5.74) is 8.49. The molecule has 5 nitrogen and oxygen atoms in total. The monoisotopic (exact) mass is 287 g/mol. The zero-order chi connectivity index (χ0) is 15.0. The van der Waals surface area contributed by atoms with Crippen LogP contribution in [-0.4, -0.2) is 28.6 Å². The summed E-state index contributed by atoms with van der Waals surface area (Å²) < 4.78 is 0. The molecule has 2 fully saturated rings. The quantitative estimate of drug-likeness (QED) is 0.647. The lowest BCUT2D eigenvalue weighted by Crippen LogP contribution is -2.48. The first-order chi connectivity index (χ1) is 10.1. The average Bonchev–Trinajstić information content (AvgIpc) is 2.49. The lowest BCUT2D eigenvalue weighted by atomic mass is 9.78. The van der Waals surface area contributed by atoms with Crippen LogP contribution in [0.2, 0.25) is 0 Å². The number of nitrogens with two attached hydrogens (primary N) is 1. The molecule has 0 bridgehead atoms. The van der Waals surface area contributed by atoms with E-state index < -0.39 is 0 Å². The minimum absolute atomic E-state index is 0.110. The van der Waals surface area contributed by atoms with Gasteiger partial charge >= 0.3 is 0 Å². The normalized spacial score (nSPS) is 25.5. The molecule has 1 saturated heterocycles. The van der Waals surface area contributed by atoms with Crippen LogP contribution >= 0.6 is 0 Å². The molecule has 2 aliphatic rings. The number of nitrogen functional groups attached to an aromatic ring is 1. The Labute approximate surface area is 126 Å². The first-order valence-corrected chi connectivity index (χ1v) is 8.04. The molecular formula is C16H25N5. The van der Waals surface area contributed by atoms with Crippen molar-refractivity contribution in [3.05, 3.63) is 16.8 Å². The van der Waals surface area contributed by atoms with E-state index in [0.29, 0.717) is 6.04 Å². The Kier molecular flexibility index (Phi) is 3.83. The Bertz CT molecular complexity index is 552. The van der Waals surface area contributed by atoms with E-state index in [0.717, 1.165) is 35.1 Å². The van der Waals surface area contributed by atoms with Gasteiger partial charge in [0.2, 0.25) is 0 Å². The fourth-order valence-corrected chi connectivity index (χ4v) is 4.01. The number of piperidine rings is 1. The van der Waals surface area contributed by atoms with Crippen LogP contribution in [0.5, 0.6) is 0 Å². The van der Waals surface area contributed by atoms with Gasteiger partial charge in [0.05, 0.1) is 11.3 Å². The molecule has 0 aromatic carbocycles. The Hall–Kier alpha value is -1.65. The number of anilines is 1. The highest BCUT2D eigenvalue weighted by Crippen LogP contribution is 2.38. The van der Waals surface area contributed by atoms with Crippen molar-refractivity contribution in [1.82, 2.24) is 10.2 Å². The fourth-order valence-electron chi connectivity index (χ4n) is 4.01. The first kappa shape index (κ1) is 14.3. The van der Waals surface area contributed by atoms with Gasteiger partial charge in [0.1, 0.15) is 5.84 Å². The molecule has 1 aliphatic heterocycles. The number of hydrogen-bond acceptors (Lipinski definition) is 4. The number of hydrogen-bond donors (Lipinski definition) is 2. The lowest BCUT2D eigenvalue weighted by molar-refractivity contribution is 0.242. The summed E-state index contributed by atoms with van der Waals surface area (Å²) in [4.78, 5) is 2.39. The van der Waals surface area contributed by atoms with E-state index >= 15 is 0 Å². The molecule has 0 unspecified atom stereocenters. The predicted molar refractivity (Wildman–Crippen MR) is 84.8 cm³/mol. The summed E-state index contributed by atoms with van der Waals surface area (Å²) in [6, 6.07) is 0.557. The highest BCUT2D eigenvalue weighted by atomic mass is 15.3. The van der Waals surface area contributed by atoms with Crippen LogP contribution in [-0.2, 0) is 0 Å². The molecular weight excluding hydrogens is 262 g/mol. The van der Waals surface area contributed by atoms with E-state index in [1.807, 2.05) is 13.8 Å². The molecule has 3 rings (SSSR count). The highest BCUT2D eigenvalue weighted by Gasteiger charge is 2.35. The molecule has 114 valence electrons. The maximum absolute atomic E-state index is 7.95. The van der Waals surface area contributed by atoms with E-state index in [1.165, 1.54) is 38.5 Å². The van der Waals surface area contributed by atoms with Gasteiger partial charge < -0.3 is 10.6 Å². The second-order valence-electron chi connectivity index (χ2n) is 6.47. The van der Waals surface area contributed by atoms with Gasteiger partial charge in [-0.25, -0.2) is 0 Å². The third kappa shape index (κ3) is 2.49. The molecule has 21 heavy (non-hydrogen) atoms. The fraction of sp³-hybridized carbons (Fsp3) is 0.688. The van der Waals surface area contributed by atoms with Crippen molar-refractivity contribution in [1.29, 1.82) is 5.41 Å². The van der Waals surface area contributed by atoms with E-state index in [2.05, 4.69) is 15.1 Å². The molecule has 0 amide bonds. The molecule has 0 spiro atoms. The third-order valence-electron chi connectivity index (χ3n) is 5.22. The number of nitrogens with zero attached hydrogens (tertiary/aromatic N) is 3. The van der Waals surface area contributed by atoms with Crippen LogP contribution in [0.1, 0.15) is 55.3 Å². The number of rotatable bonds is 2. The largest absolute Gasteiger partial charge is 0.384 e. The topological polar surface area (TPSA) is 78.9 Å². The highest BCUT2D eigenvalue weighted by molar-refractivity contribution is 6.01. The van der Waals surface area contributed by atoms with Crippen molar-refractivity contribution in [2.75, 3.05) is 11.4 Å². The van der Waals surface area contributed by atoms with Crippen LogP contribution in [0.25, 0.3) is 0 Å². The predicted octanol–water partition coefficient (Wildman–Crippen LogP) is 2.54. The van der Waals surface area contributed by atoms with Crippen molar-refractivity contribution in [3.63, 3.8) is 0 Å². The molecule has 2 heterocycles. The second-order valence-corrected chi connectivity index (χ2v) is 6.47. The van der Waals surface area contributed by atoms with E-state index in [4.69, 9.17) is 11.1 Å². The Balaban J connectivity index is 2.02. The maximum Gasteiger partial charge on any atom is 0.162 e. The van der Waals surface area contributed by atoms with Gasteiger partial charge in [-0.15, -0.1) is 5.10 Å². The SMILES string of the molecule is Cc1nnc(N2CCC[C@H]3CCCC[C@H]32)c(C(=N)N)c1C. The summed E-state index contributed by atoms with van der Waals surface area (Å²) in [6.07, 6.45) is 7.74. The maximum atomic E-state index is 7.95. The summed E-state index contributed by atoms with van der Waals surface area (Å²) in [7, 11) is 0. The number of nitrogens with one attached hydrogen (secondary N) is 1. The van der Waals surface area contributed by atoms with Crippen molar-refractivity contribution < 1.29 is 0 Å². The van der Waals surface area contributed by atoms with Gasteiger partial charge in [-0.1, -0.05) is 12.8 Å². The van der Waals surface area contributed by atoms with E-state index in [-0.39, 0.29) is 5.84 Å². The van der Waals surface area contributed by atoms with Gasteiger partial charge in [0.15, 0.2) is 5.82 Å². The Morgan fingerprint density at radius 3 is 2.62 bits per heavy atom. The van der Waals surface area contributed by atoms with Crippen molar-refractivity contribution in [3.8, 4) is 0 Å². The molecule has 5 heteroatoms. The Morgan fingerprint density at radius 2 is 1.86 bits per heavy atom. The lowest BCUT2D eigenvalue weighted by Gasteiger charge is -2.45. The zero-order valence-corrected chi connectivity index (χ0v) is 13.0. The van der Waals surface area contributed by atoms with Crippen LogP contribution < -0.4 is 10.6 Å². The number of aryl methyl sites for hydroxylation is 1. The molecule has 1 saturated carbocycles. The number of fused-ring (bicyclic) bond motifs is 1. The minimum atomic E-state index is 0.110. The van der Waals surface area contributed by atoms with Gasteiger partial charge in [-0.2, -0.15) is 5.10 Å². The summed E-state index contributed by atoms with van der Waals surface area (Å²) in [5.74, 6) is 1.72. The third-order valence-corrected chi connectivity index (χ3v) is 5.22. The average molecular weight is 287 g/mol. The molecule has 1 aromatic rings. The molecule has 0 radical (unpaired) electrons. The molecule has 1 aromatic heterocycles. The second kappa shape index (κ2) is 5.62. The summed E-state index contributed by atoms with van der Waals surface area (Å²) >= 11 is 0. The number of aromatic nitrogens is 2. The van der Waals surface area contributed by atoms with Crippen LogP contribution in [0.15, 0.2) is 0 Å². The van der Waals surface area contributed by atoms with Gasteiger partial charge in [-0.05, 0) is 51.0 Å². The van der Waals surface area contributed by atoms with Crippen LogP contribution in [0.4, 0.5) is 5.82 Å². The van der Waals surface area contributed by atoms with Crippen molar-refractivity contribution in [2.24, 2.45) is 11.7 Å². The smallest absolute Gasteiger partial charge is 0.162 e. The molecule has 2 atom stereocenters. The van der Waals surface area contributed by atoms with E-state index in [1.54, 1.807) is 0 Å². The van der Waals surface area contributed by atoms with Crippen molar-refractivity contribution >= 4 is 11.7 Å². The Morgan fingerprint density at radius 1 is 1.14 bits per heavy atom. The minimum Gasteiger partial charge on any atom is -0.384 e. The first-order valence-electron chi connectivity index (χ1n) is 8.04. The van der Waals surface area contributed by atoms with Crippen LogP contribution in [0.3, 0.4) is 0 Å². The number of amidine groups is 1. The van der Waals surface area contributed by atoms with Gasteiger partial charge in [0, 0.05) is 12.6 Å². The molecule has 3 N–H and O–H groups in total. The van der Waals surface area contributed by atoms with Crippen LogP contribution in [0, 0.1) is 25.2 Å². The summed E-state index contributed by atoms with van der Waals surface area (Å²) in [5, 5.41) is 16.7. The standard InChI is InChI=1S/C16H25N5/c1-10-11(2)19-20-16(14(10)15(17)18)21-9-5-7-12-6-3-4-8-13(12)21/h12-13H,3-9H2,1-2H3,(H3,17,18)/t12-,13-/m1/s1. The summed E-state index contributed by atoms with van der Waals surface area (Å²) in [6.45, 7) is 4.93. The van der Waals surface area contributed by atoms with Crippen molar-refractivity contribution in [2.45, 2.75) is 58.4 Å².